The summed E-state index contributed by atoms with van der Waals surface area (Å²) >= 11 is 0. The second-order valence-corrected chi connectivity index (χ2v) is 3.27. The molecule has 2 heteroatoms. The van der Waals surface area contributed by atoms with Crippen LogP contribution in [-0.4, -0.2) is 4.98 Å². The average molecular weight is 176 g/mol. The summed E-state index contributed by atoms with van der Waals surface area (Å²) in [5.74, 6) is 0. The predicted molar refractivity (Wildman–Crippen MR) is 55.5 cm³/mol. The largest absolute Gasteiger partial charge is 0.322 e. The van der Waals surface area contributed by atoms with Crippen LogP contribution in [0, 0.1) is 13.8 Å². The van der Waals surface area contributed by atoms with Gasteiger partial charge in [0, 0.05) is 5.69 Å². The minimum Gasteiger partial charge on any atom is -0.322 e. The van der Waals surface area contributed by atoms with Crippen molar-refractivity contribution in [2.75, 3.05) is 0 Å². The maximum atomic E-state index is 5.89. The number of rotatable bonds is 3. The van der Waals surface area contributed by atoms with E-state index in [4.69, 9.17) is 5.73 Å². The van der Waals surface area contributed by atoms with Gasteiger partial charge in [-0.3, -0.25) is 4.98 Å². The molecule has 1 aromatic heterocycles. The van der Waals surface area contributed by atoms with E-state index in [-0.39, 0.29) is 6.04 Å². The van der Waals surface area contributed by atoms with Crippen molar-refractivity contribution in [1.82, 2.24) is 4.98 Å². The summed E-state index contributed by atoms with van der Waals surface area (Å²) < 4.78 is 0. The van der Waals surface area contributed by atoms with E-state index in [1.54, 1.807) is 0 Å². The molecule has 2 nitrogen and oxygen atoms in total. The molecule has 1 atom stereocenters. The van der Waals surface area contributed by atoms with Gasteiger partial charge in [-0.2, -0.15) is 0 Å². The van der Waals surface area contributed by atoms with Crippen LogP contribution in [0.2, 0.25) is 0 Å². The number of hydrogen-bond donors (Lipinski definition) is 1. The molecule has 70 valence electrons. The molecule has 13 heavy (non-hydrogen) atoms. The van der Waals surface area contributed by atoms with Gasteiger partial charge in [0.2, 0.25) is 0 Å². The van der Waals surface area contributed by atoms with Gasteiger partial charge >= 0.3 is 0 Å². The quantitative estimate of drug-likeness (QED) is 0.717. The lowest BCUT2D eigenvalue weighted by molar-refractivity contribution is 0.709. The van der Waals surface area contributed by atoms with Gasteiger partial charge in [0.25, 0.3) is 0 Å². The molecule has 0 saturated carbocycles. The molecule has 2 N–H and O–H groups in total. The second-order valence-electron chi connectivity index (χ2n) is 3.27. The van der Waals surface area contributed by atoms with Crippen LogP contribution in [0.15, 0.2) is 24.8 Å². The maximum Gasteiger partial charge on any atom is 0.0577 e. The van der Waals surface area contributed by atoms with Gasteiger partial charge in [0.05, 0.1) is 11.7 Å². The van der Waals surface area contributed by atoms with E-state index in [9.17, 15) is 0 Å². The van der Waals surface area contributed by atoms with E-state index in [0.29, 0.717) is 0 Å². The fourth-order valence-electron chi connectivity index (χ4n) is 1.16. The molecule has 1 aromatic rings. The maximum absolute atomic E-state index is 5.89. The number of aromatic nitrogens is 1. The average Bonchev–Trinajstić information content (AvgIpc) is 2.10. The Morgan fingerprint density at radius 1 is 1.54 bits per heavy atom. The predicted octanol–water partition coefficient (Wildman–Crippen LogP) is 2.27. The first-order valence-electron chi connectivity index (χ1n) is 4.45. The Balaban J connectivity index is 2.89. The molecular weight excluding hydrogens is 160 g/mol. The second kappa shape index (κ2) is 4.19. The van der Waals surface area contributed by atoms with Crippen molar-refractivity contribution in [1.29, 1.82) is 0 Å². The first-order valence-corrected chi connectivity index (χ1v) is 4.45. The van der Waals surface area contributed by atoms with Crippen molar-refractivity contribution < 1.29 is 0 Å². The topological polar surface area (TPSA) is 38.9 Å². The molecule has 0 aliphatic rings. The first-order chi connectivity index (χ1) is 6.15. The highest BCUT2D eigenvalue weighted by Crippen LogP contribution is 2.13. The van der Waals surface area contributed by atoms with Crippen LogP contribution in [0.25, 0.3) is 0 Å². The third-order valence-corrected chi connectivity index (χ3v) is 2.17. The number of pyridine rings is 1. The van der Waals surface area contributed by atoms with Crippen LogP contribution in [0.5, 0.6) is 0 Å². The Kier molecular flexibility index (Phi) is 3.20. The first kappa shape index (κ1) is 9.93. The van der Waals surface area contributed by atoms with Crippen molar-refractivity contribution >= 4 is 0 Å². The summed E-state index contributed by atoms with van der Waals surface area (Å²) in [6, 6.07) is 4.02. The number of hydrogen-bond acceptors (Lipinski definition) is 2. The van der Waals surface area contributed by atoms with Gasteiger partial charge < -0.3 is 5.73 Å². The zero-order chi connectivity index (χ0) is 9.84. The lowest BCUT2D eigenvalue weighted by Crippen LogP contribution is -2.11. The molecule has 1 rings (SSSR count). The van der Waals surface area contributed by atoms with E-state index in [2.05, 4.69) is 17.6 Å². The van der Waals surface area contributed by atoms with Crippen molar-refractivity contribution in [3.63, 3.8) is 0 Å². The van der Waals surface area contributed by atoms with Gasteiger partial charge in [0.1, 0.15) is 0 Å². The molecule has 0 amide bonds. The Hall–Kier alpha value is -1.15. The minimum absolute atomic E-state index is 0.0169. The van der Waals surface area contributed by atoms with E-state index < -0.39 is 0 Å². The van der Waals surface area contributed by atoms with E-state index >= 15 is 0 Å². The fraction of sp³-hybridized carbons (Fsp3) is 0.364. The molecular formula is C11H16N2. The molecule has 0 bridgehead atoms. The van der Waals surface area contributed by atoms with Crippen molar-refractivity contribution in [3.8, 4) is 0 Å². The Labute approximate surface area is 79.5 Å². The Bertz CT molecular complexity index is 305. The molecule has 1 unspecified atom stereocenters. The van der Waals surface area contributed by atoms with Crippen molar-refractivity contribution in [2.24, 2.45) is 5.73 Å². The summed E-state index contributed by atoms with van der Waals surface area (Å²) in [5, 5.41) is 0. The summed E-state index contributed by atoms with van der Waals surface area (Å²) in [6.07, 6.45) is 2.59. The monoisotopic (exact) mass is 176 g/mol. The van der Waals surface area contributed by atoms with Crippen LogP contribution in [0.3, 0.4) is 0 Å². The van der Waals surface area contributed by atoms with Gasteiger partial charge in [-0.15, -0.1) is 6.58 Å². The zero-order valence-electron chi connectivity index (χ0n) is 8.25. The molecule has 0 saturated heterocycles. The summed E-state index contributed by atoms with van der Waals surface area (Å²) in [4.78, 5) is 4.42. The van der Waals surface area contributed by atoms with Crippen molar-refractivity contribution in [3.05, 3.63) is 41.7 Å². The zero-order valence-corrected chi connectivity index (χ0v) is 8.25. The third-order valence-electron chi connectivity index (χ3n) is 2.17. The fourth-order valence-corrected chi connectivity index (χ4v) is 1.16. The van der Waals surface area contributed by atoms with Crippen LogP contribution >= 0.6 is 0 Å². The molecule has 0 spiro atoms. The summed E-state index contributed by atoms with van der Waals surface area (Å²) in [7, 11) is 0. The molecule has 0 aliphatic carbocycles. The molecule has 0 aliphatic heterocycles. The van der Waals surface area contributed by atoms with Crippen LogP contribution < -0.4 is 5.73 Å². The molecule has 0 aromatic carbocycles. The van der Waals surface area contributed by atoms with Gasteiger partial charge in [0.15, 0.2) is 0 Å². The SMILES string of the molecule is C=CCC(N)c1ccc(C)c(C)n1. The minimum atomic E-state index is -0.0169. The summed E-state index contributed by atoms with van der Waals surface area (Å²) in [5.41, 5.74) is 9.09. The lowest BCUT2D eigenvalue weighted by atomic mass is 10.1. The highest BCUT2D eigenvalue weighted by atomic mass is 14.8. The lowest BCUT2D eigenvalue weighted by Gasteiger charge is -2.09. The van der Waals surface area contributed by atoms with E-state index in [0.717, 1.165) is 17.8 Å². The van der Waals surface area contributed by atoms with Gasteiger partial charge in [-0.1, -0.05) is 12.1 Å². The van der Waals surface area contributed by atoms with Crippen LogP contribution in [0.4, 0.5) is 0 Å². The van der Waals surface area contributed by atoms with E-state index in [1.165, 1.54) is 5.56 Å². The van der Waals surface area contributed by atoms with E-state index in [1.807, 2.05) is 26.0 Å². The molecule has 0 radical (unpaired) electrons. The highest BCUT2D eigenvalue weighted by molar-refractivity contribution is 5.22. The summed E-state index contributed by atoms with van der Waals surface area (Å²) in [6.45, 7) is 7.70. The number of nitrogens with two attached hydrogens (primary N) is 1. The van der Waals surface area contributed by atoms with Crippen molar-refractivity contribution in [2.45, 2.75) is 26.3 Å². The Morgan fingerprint density at radius 2 is 2.23 bits per heavy atom. The van der Waals surface area contributed by atoms with Gasteiger partial charge in [-0.25, -0.2) is 0 Å². The van der Waals surface area contributed by atoms with Crippen LogP contribution in [-0.2, 0) is 0 Å². The Morgan fingerprint density at radius 3 is 2.77 bits per heavy atom. The number of nitrogens with zero attached hydrogens (tertiary/aromatic N) is 1. The van der Waals surface area contributed by atoms with Gasteiger partial charge in [-0.05, 0) is 31.9 Å². The highest BCUT2D eigenvalue weighted by Gasteiger charge is 2.05. The smallest absolute Gasteiger partial charge is 0.0577 e. The standard InChI is InChI=1S/C11H16N2/c1-4-5-10(12)11-7-6-8(2)9(3)13-11/h4,6-7,10H,1,5,12H2,2-3H3. The molecule has 1 heterocycles. The normalized spacial score (nSPS) is 12.5. The molecule has 0 fully saturated rings. The van der Waals surface area contributed by atoms with Crippen LogP contribution in [0.1, 0.15) is 29.4 Å². The number of aryl methyl sites for hydroxylation is 2. The third kappa shape index (κ3) is 2.39.